The van der Waals surface area contributed by atoms with Gasteiger partial charge in [0.15, 0.2) is 0 Å². The van der Waals surface area contributed by atoms with Crippen molar-refractivity contribution < 1.29 is 14.3 Å². The van der Waals surface area contributed by atoms with Gasteiger partial charge in [0.25, 0.3) is 0 Å². The molecule has 0 fully saturated rings. The lowest BCUT2D eigenvalue weighted by atomic mass is 9.96. The fourth-order valence-electron chi connectivity index (χ4n) is 1.31. The molecule has 1 aliphatic carbocycles. The third kappa shape index (κ3) is 2.55. The first-order valence-electron chi connectivity index (χ1n) is 5.19. The van der Waals surface area contributed by atoms with Crippen molar-refractivity contribution in [1.29, 1.82) is 0 Å². The van der Waals surface area contributed by atoms with Gasteiger partial charge in [-0.2, -0.15) is 0 Å². The van der Waals surface area contributed by atoms with Gasteiger partial charge in [-0.3, -0.25) is 9.59 Å². The van der Waals surface area contributed by atoms with E-state index in [0.717, 1.165) is 12.8 Å². The second kappa shape index (κ2) is 4.91. The van der Waals surface area contributed by atoms with Crippen molar-refractivity contribution in [2.75, 3.05) is 6.61 Å². The van der Waals surface area contributed by atoms with E-state index in [1.807, 2.05) is 0 Å². The summed E-state index contributed by atoms with van der Waals surface area (Å²) in [7, 11) is 0. The highest BCUT2D eigenvalue weighted by molar-refractivity contribution is 6.49. The molecule has 0 radical (unpaired) electrons. The van der Waals surface area contributed by atoms with E-state index < -0.39 is 11.6 Å². The van der Waals surface area contributed by atoms with Crippen molar-refractivity contribution in [3.8, 4) is 0 Å². The zero-order chi connectivity index (χ0) is 11.4. The molecule has 1 rings (SSSR count). The van der Waals surface area contributed by atoms with E-state index >= 15 is 0 Å². The summed E-state index contributed by atoms with van der Waals surface area (Å²) in [4.78, 5) is 22.8. The van der Waals surface area contributed by atoms with Gasteiger partial charge in [-0.25, -0.2) is 0 Å². The molecule has 0 amide bonds. The highest BCUT2D eigenvalue weighted by atomic mass is 16.5. The molecule has 0 N–H and O–H groups in total. The molecule has 3 nitrogen and oxygen atoms in total. The fourth-order valence-corrected chi connectivity index (χ4v) is 1.31. The molecule has 0 aliphatic heterocycles. The minimum atomic E-state index is -0.443. The molecule has 15 heavy (non-hydrogen) atoms. The summed E-state index contributed by atoms with van der Waals surface area (Å²) in [6.45, 7) is 5.93. The van der Waals surface area contributed by atoms with E-state index in [2.05, 4.69) is 6.92 Å². The van der Waals surface area contributed by atoms with E-state index in [-0.39, 0.29) is 0 Å². The van der Waals surface area contributed by atoms with Gasteiger partial charge in [0.05, 0.1) is 6.61 Å². The summed E-state index contributed by atoms with van der Waals surface area (Å²) >= 11 is 0. The Kier molecular flexibility index (Phi) is 3.83. The largest absolute Gasteiger partial charge is 0.493 e. The Hall–Kier alpha value is -1.38. The Bertz CT molecular complexity index is 344. The number of carbonyl (C=O) groups is 2. The minimum Gasteiger partial charge on any atom is -0.493 e. The Balaban J connectivity index is 2.79. The predicted octanol–water partition coefficient (Wildman–Crippen LogP) is 2.18. The maximum Gasteiger partial charge on any atom is 0.232 e. The molecule has 0 aromatic heterocycles. The molecule has 0 atom stereocenters. The van der Waals surface area contributed by atoms with Crippen LogP contribution in [-0.2, 0) is 14.3 Å². The number of rotatable bonds is 4. The normalized spacial score (nSPS) is 16.9. The molecule has 0 saturated heterocycles. The summed E-state index contributed by atoms with van der Waals surface area (Å²) in [5.41, 5.74) is 0.874. The van der Waals surface area contributed by atoms with E-state index in [9.17, 15) is 9.59 Å². The summed E-state index contributed by atoms with van der Waals surface area (Å²) in [5, 5.41) is 0. The molecular formula is C12H16O3. The Morgan fingerprint density at radius 2 is 1.87 bits per heavy atom. The van der Waals surface area contributed by atoms with E-state index in [0.29, 0.717) is 23.5 Å². The van der Waals surface area contributed by atoms with E-state index in [1.165, 1.54) is 0 Å². The first kappa shape index (κ1) is 11.7. The van der Waals surface area contributed by atoms with Gasteiger partial charge in [0, 0.05) is 11.1 Å². The van der Waals surface area contributed by atoms with Crippen LogP contribution in [0.15, 0.2) is 23.0 Å². The molecule has 0 aromatic rings. The van der Waals surface area contributed by atoms with Crippen LogP contribution in [0.25, 0.3) is 0 Å². The second-order valence-corrected chi connectivity index (χ2v) is 3.68. The summed E-state index contributed by atoms with van der Waals surface area (Å²) < 4.78 is 5.45. The zero-order valence-corrected chi connectivity index (χ0v) is 9.42. The molecular weight excluding hydrogens is 192 g/mol. The SMILES string of the molecule is CCCCOC1=C(C)C(=O)C(=O)C(C)=C1. The quantitative estimate of drug-likeness (QED) is 0.404. The van der Waals surface area contributed by atoms with Crippen molar-refractivity contribution in [2.45, 2.75) is 33.6 Å². The maximum absolute atomic E-state index is 11.5. The lowest BCUT2D eigenvalue weighted by Crippen LogP contribution is -2.21. The average molecular weight is 208 g/mol. The fraction of sp³-hybridized carbons (Fsp3) is 0.500. The molecule has 0 unspecified atom stereocenters. The molecule has 0 spiro atoms. The summed E-state index contributed by atoms with van der Waals surface area (Å²) in [6.07, 6.45) is 3.64. The van der Waals surface area contributed by atoms with Crippen LogP contribution < -0.4 is 0 Å². The average Bonchev–Trinajstić information content (AvgIpc) is 2.23. The first-order chi connectivity index (χ1) is 7.07. The highest BCUT2D eigenvalue weighted by Gasteiger charge is 2.25. The van der Waals surface area contributed by atoms with Gasteiger partial charge in [-0.05, 0) is 26.3 Å². The van der Waals surface area contributed by atoms with Crippen molar-refractivity contribution in [3.63, 3.8) is 0 Å². The molecule has 0 saturated carbocycles. The Morgan fingerprint density at radius 3 is 2.47 bits per heavy atom. The Labute approximate surface area is 89.8 Å². The van der Waals surface area contributed by atoms with Crippen molar-refractivity contribution in [2.24, 2.45) is 0 Å². The summed E-state index contributed by atoms with van der Waals surface area (Å²) in [6, 6.07) is 0. The molecule has 3 heteroatoms. The van der Waals surface area contributed by atoms with Crippen LogP contribution >= 0.6 is 0 Å². The zero-order valence-electron chi connectivity index (χ0n) is 9.42. The number of carbonyl (C=O) groups excluding carboxylic acids is 2. The number of allylic oxidation sites excluding steroid dienone is 3. The van der Waals surface area contributed by atoms with Crippen LogP contribution in [0, 0.1) is 0 Å². The monoisotopic (exact) mass is 208 g/mol. The first-order valence-corrected chi connectivity index (χ1v) is 5.19. The maximum atomic E-state index is 11.5. The van der Waals surface area contributed by atoms with Gasteiger partial charge in [-0.15, -0.1) is 0 Å². The highest BCUT2D eigenvalue weighted by Crippen LogP contribution is 2.19. The lowest BCUT2D eigenvalue weighted by molar-refractivity contribution is -0.132. The van der Waals surface area contributed by atoms with Crippen LogP contribution in [0.3, 0.4) is 0 Å². The van der Waals surface area contributed by atoms with Gasteiger partial charge >= 0.3 is 0 Å². The molecule has 0 aromatic carbocycles. The van der Waals surface area contributed by atoms with Crippen LogP contribution in [0.2, 0.25) is 0 Å². The number of Topliss-reactive ketones (excluding diaryl/α,β-unsaturated/α-hetero) is 2. The number of hydrogen-bond acceptors (Lipinski definition) is 3. The molecule has 0 heterocycles. The van der Waals surface area contributed by atoms with Crippen molar-refractivity contribution >= 4 is 11.6 Å². The number of ether oxygens (including phenoxy) is 1. The summed E-state index contributed by atoms with van der Waals surface area (Å²) in [5.74, 6) is -0.317. The molecule has 82 valence electrons. The van der Waals surface area contributed by atoms with Crippen LogP contribution in [0.1, 0.15) is 33.6 Å². The van der Waals surface area contributed by atoms with Gasteiger partial charge in [0.2, 0.25) is 11.6 Å². The standard InChI is InChI=1S/C12H16O3/c1-4-5-6-15-10-7-8(2)11(13)12(14)9(10)3/h7H,4-6H2,1-3H3. The van der Waals surface area contributed by atoms with Crippen molar-refractivity contribution in [3.05, 3.63) is 23.0 Å². The second-order valence-electron chi connectivity index (χ2n) is 3.68. The smallest absolute Gasteiger partial charge is 0.232 e. The lowest BCUT2D eigenvalue weighted by Gasteiger charge is -2.14. The molecule has 0 bridgehead atoms. The van der Waals surface area contributed by atoms with Gasteiger partial charge in [0.1, 0.15) is 5.76 Å². The third-order valence-electron chi connectivity index (χ3n) is 2.38. The van der Waals surface area contributed by atoms with Crippen LogP contribution in [0.5, 0.6) is 0 Å². The van der Waals surface area contributed by atoms with E-state index in [1.54, 1.807) is 19.9 Å². The number of unbranched alkanes of at least 4 members (excludes halogenated alkanes) is 1. The Morgan fingerprint density at radius 1 is 1.20 bits per heavy atom. The van der Waals surface area contributed by atoms with Gasteiger partial charge in [-0.1, -0.05) is 13.3 Å². The minimum absolute atomic E-state index is 0.418. The van der Waals surface area contributed by atoms with E-state index in [4.69, 9.17) is 4.74 Å². The topological polar surface area (TPSA) is 43.4 Å². The van der Waals surface area contributed by atoms with Gasteiger partial charge < -0.3 is 4.74 Å². The van der Waals surface area contributed by atoms with Crippen LogP contribution in [-0.4, -0.2) is 18.2 Å². The molecule has 1 aliphatic rings. The number of ketones is 2. The third-order valence-corrected chi connectivity index (χ3v) is 2.38. The van der Waals surface area contributed by atoms with Crippen LogP contribution in [0.4, 0.5) is 0 Å². The predicted molar refractivity (Wildman–Crippen MR) is 57.3 cm³/mol. The van der Waals surface area contributed by atoms with Crippen molar-refractivity contribution in [1.82, 2.24) is 0 Å². The number of hydrogen-bond donors (Lipinski definition) is 0.